The Morgan fingerprint density at radius 2 is 2.25 bits per heavy atom. The van der Waals surface area contributed by atoms with E-state index in [0.29, 0.717) is 6.29 Å². The van der Waals surface area contributed by atoms with Gasteiger partial charge in [-0.05, 0) is 6.92 Å². The Kier molecular flexibility index (Phi) is 4.12. The number of thiazole rings is 1. The van der Waals surface area contributed by atoms with E-state index in [4.69, 9.17) is 4.74 Å². The molecule has 1 aromatic rings. The topological polar surface area (TPSA) is 85.4 Å². The number of carbonyl (C=O) groups is 3. The highest BCUT2D eigenvalue weighted by atomic mass is 32.1. The maximum atomic E-state index is 11.4. The van der Waals surface area contributed by atoms with Crippen LogP contribution in [0.2, 0.25) is 0 Å². The molecule has 1 amide bonds. The van der Waals surface area contributed by atoms with Gasteiger partial charge in [0, 0.05) is 6.92 Å². The lowest BCUT2D eigenvalue weighted by Gasteiger charge is -1.97. The number of aromatic nitrogens is 1. The molecule has 0 unspecified atom stereocenters. The molecule has 1 aromatic heterocycles. The van der Waals surface area contributed by atoms with E-state index in [-0.39, 0.29) is 28.2 Å². The fraction of sp³-hybridized carbons (Fsp3) is 0.333. The third-order valence-corrected chi connectivity index (χ3v) is 2.48. The molecule has 6 nitrogen and oxygen atoms in total. The zero-order valence-corrected chi connectivity index (χ0v) is 9.59. The summed E-state index contributed by atoms with van der Waals surface area (Å²) in [7, 11) is 0. The number of nitrogens with zero attached hydrogens (tertiary/aromatic N) is 1. The van der Waals surface area contributed by atoms with Crippen molar-refractivity contribution in [2.75, 3.05) is 11.9 Å². The third-order valence-electron chi connectivity index (χ3n) is 1.51. The van der Waals surface area contributed by atoms with Crippen molar-refractivity contribution in [3.05, 3.63) is 10.6 Å². The smallest absolute Gasteiger partial charge is 0.350 e. The van der Waals surface area contributed by atoms with E-state index in [2.05, 4.69) is 10.3 Å². The monoisotopic (exact) mass is 242 g/mol. The molecule has 1 heterocycles. The second-order valence-electron chi connectivity index (χ2n) is 2.75. The zero-order chi connectivity index (χ0) is 12.1. The van der Waals surface area contributed by atoms with Crippen molar-refractivity contribution in [1.82, 2.24) is 4.98 Å². The van der Waals surface area contributed by atoms with E-state index in [1.54, 1.807) is 6.92 Å². The predicted octanol–water partition coefficient (Wildman–Crippen LogP) is 1.09. The van der Waals surface area contributed by atoms with Crippen LogP contribution in [0.25, 0.3) is 0 Å². The van der Waals surface area contributed by atoms with Gasteiger partial charge < -0.3 is 10.1 Å². The molecular formula is C9H10N2O4S. The first-order valence-electron chi connectivity index (χ1n) is 4.49. The van der Waals surface area contributed by atoms with Crippen LogP contribution >= 0.6 is 11.3 Å². The van der Waals surface area contributed by atoms with Crippen LogP contribution < -0.4 is 5.32 Å². The normalized spacial score (nSPS) is 9.62. The minimum Gasteiger partial charge on any atom is -0.462 e. The fourth-order valence-corrected chi connectivity index (χ4v) is 1.83. The van der Waals surface area contributed by atoms with Crippen LogP contribution in [-0.4, -0.2) is 29.8 Å². The molecule has 0 saturated heterocycles. The molecule has 0 aliphatic rings. The summed E-state index contributed by atoms with van der Waals surface area (Å²) in [5.41, 5.74) is -0.0211. The highest BCUT2D eigenvalue weighted by molar-refractivity contribution is 7.17. The Morgan fingerprint density at radius 1 is 1.56 bits per heavy atom. The summed E-state index contributed by atoms with van der Waals surface area (Å²) in [6.45, 7) is 3.19. The van der Waals surface area contributed by atoms with Crippen molar-refractivity contribution in [2.45, 2.75) is 13.8 Å². The standard InChI is InChI=1S/C9H10N2O4S/c1-3-15-8(14)7-6(4-12)11-9(16-7)10-5(2)13/h4H,3H2,1-2H3,(H,10,11,13). The number of aldehydes is 1. The molecule has 0 saturated carbocycles. The molecule has 1 rings (SSSR count). The van der Waals surface area contributed by atoms with Crippen LogP contribution in [0.15, 0.2) is 0 Å². The van der Waals surface area contributed by atoms with Gasteiger partial charge in [0.05, 0.1) is 6.61 Å². The summed E-state index contributed by atoms with van der Waals surface area (Å²) in [6.07, 6.45) is 0.452. The molecule has 1 N–H and O–H groups in total. The summed E-state index contributed by atoms with van der Waals surface area (Å²) < 4.78 is 4.75. The van der Waals surface area contributed by atoms with E-state index in [1.165, 1.54) is 6.92 Å². The maximum absolute atomic E-state index is 11.4. The van der Waals surface area contributed by atoms with Gasteiger partial charge in [-0.1, -0.05) is 11.3 Å². The molecule has 0 radical (unpaired) electrons. The van der Waals surface area contributed by atoms with Crippen LogP contribution in [-0.2, 0) is 9.53 Å². The first-order chi connectivity index (χ1) is 7.58. The number of amides is 1. The highest BCUT2D eigenvalue weighted by Gasteiger charge is 2.19. The second-order valence-corrected chi connectivity index (χ2v) is 3.75. The van der Waals surface area contributed by atoms with Gasteiger partial charge in [0.2, 0.25) is 5.91 Å². The molecule has 0 spiro atoms. The SMILES string of the molecule is CCOC(=O)c1sc(NC(C)=O)nc1C=O. The Hall–Kier alpha value is -1.76. The molecule has 0 aromatic carbocycles. The number of hydrogen-bond acceptors (Lipinski definition) is 6. The molecular weight excluding hydrogens is 232 g/mol. The van der Waals surface area contributed by atoms with Gasteiger partial charge in [-0.2, -0.15) is 0 Å². The van der Waals surface area contributed by atoms with Crippen molar-refractivity contribution >= 4 is 34.6 Å². The van der Waals surface area contributed by atoms with Crippen LogP contribution in [0.1, 0.15) is 34.0 Å². The number of ether oxygens (including phenoxy) is 1. The molecule has 0 atom stereocenters. The van der Waals surface area contributed by atoms with Gasteiger partial charge in [0.15, 0.2) is 11.4 Å². The molecule has 0 fully saturated rings. The van der Waals surface area contributed by atoms with Crippen molar-refractivity contribution in [1.29, 1.82) is 0 Å². The summed E-state index contributed by atoms with van der Waals surface area (Å²) in [5.74, 6) is -0.930. The van der Waals surface area contributed by atoms with Crippen LogP contribution in [0.4, 0.5) is 5.13 Å². The first-order valence-corrected chi connectivity index (χ1v) is 5.30. The van der Waals surface area contributed by atoms with Crippen molar-refractivity contribution in [3.63, 3.8) is 0 Å². The number of hydrogen-bond donors (Lipinski definition) is 1. The number of rotatable bonds is 4. The minimum atomic E-state index is -0.612. The molecule has 86 valence electrons. The van der Waals surface area contributed by atoms with Gasteiger partial charge in [-0.15, -0.1) is 0 Å². The van der Waals surface area contributed by atoms with Crippen molar-refractivity contribution in [2.24, 2.45) is 0 Å². The predicted molar refractivity (Wildman–Crippen MR) is 57.8 cm³/mol. The van der Waals surface area contributed by atoms with Gasteiger partial charge >= 0.3 is 5.97 Å². The lowest BCUT2D eigenvalue weighted by Crippen LogP contribution is -2.05. The highest BCUT2D eigenvalue weighted by Crippen LogP contribution is 2.22. The Balaban J connectivity index is 2.98. The number of carbonyl (C=O) groups excluding carboxylic acids is 3. The van der Waals surface area contributed by atoms with Crippen molar-refractivity contribution in [3.8, 4) is 0 Å². The summed E-state index contributed by atoms with van der Waals surface area (Å²) in [5, 5.41) is 2.60. The maximum Gasteiger partial charge on any atom is 0.350 e. The summed E-state index contributed by atoms with van der Waals surface area (Å²) in [6, 6.07) is 0. The Morgan fingerprint density at radius 3 is 2.75 bits per heavy atom. The van der Waals surface area contributed by atoms with E-state index < -0.39 is 5.97 Å². The quantitative estimate of drug-likeness (QED) is 0.631. The van der Waals surface area contributed by atoms with Crippen LogP contribution in [0.5, 0.6) is 0 Å². The minimum absolute atomic E-state index is 0.0211. The fourth-order valence-electron chi connectivity index (χ4n) is 0.959. The van der Waals surface area contributed by atoms with Gasteiger partial charge in [0.1, 0.15) is 10.6 Å². The third kappa shape index (κ3) is 2.86. The van der Waals surface area contributed by atoms with Crippen molar-refractivity contribution < 1.29 is 19.1 Å². The largest absolute Gasteiger partial charge is 0.462 e. The summed E-state index contributed by atoms with van der Waals surface area (Å²) >= 11 is 0.912. The van der Waals surface area contributed by atoms with E-state index in [0.717, 1.165) is 11.3 Å². The van der Waals surface area contributed by atoms with Gasteiger partial charge in [0.25, 0.3) is 0 Å². The first kappa shape index (κ1) is 12.3. The average Bonchev–Trinajstić information content (AvgIpc) is 2.60. The lowest BCUT2D eigenvalue weighted by molar-refractivity contribution is -0.114. The van der Waals surface area contributed by atoms with Crippen LogP contribution in [0, 0.1) is 0 Å². The lowest BCUT2D eigenvalue weighted by atomic mass is 10.4. The summed E-state index contributed by atoms with van der Waals surface area (Å²) in [4.78, 5) is 36.7. The molecule has 7 heteroatoms. The Bertz CT molecular complexity index is 427. The molecule has 0 aliphatic heterocycles. The van der Waals surface area contributed by atoms with Crippen LogP contribution in [0.3, 0.4) is 0 Å². The van der Waals surface area contributed by atoms with E-state index >= 15 is 0 Å². The average molecular weight is 242 g/mol. The molecule has 0 aliphatic carbocycles. The zero-order valence-electron chi connectivity index (χ0n) is 8.77. The Labute approximate surface area is 95.6 Å². The number of anilines is 1. The second kappa shape index (κ2) is 5.36. The molecule has 0 bridgehead atoms. The molecule has 16 heavy (non-hydrogen) atoms. The number of esters is 1. The van der Waals surface area contributed by atoms with Gasteiger partial charge in [-0.25, -0.2) is 9.78 Å². The van der Waals surface area contributed by atoms with E-state index in [9.17, 15) is 14.4 Å². The van der Waals surface area contributed by atoms with E-state index in [1.807, 2.05) is 0 Å². The van der Waals surface area contributed by atoms with Gasteiger partial charge in [-0.3, -0.25) is 9.59 Å². The number of nitrogens with one attached hydrogen (secondary N) is 1.